The second-order valence-electron chi connectivity index (χ2n) is 6.27. The average molecular weight is 301 g/mol. The van der Waals surface area contributed by atoms with Crippen LogP contribution in [0.1, 0.15) is 65.2 Å². The Balaban J connectivity index is 2.67. The molecule has 1 amide bonds. The largest absolute Gasteiger partial charge is 0.444 e. The number of aliphatic hydroxyl groups excluding tert-OH is 2. The van der Waals surface area contributed by atoms with Crippen LogP contribution in [0.3, 0.4) is 0 Å². The van der Waals surface area contributed by atoms with Gasteiger partial charge in [-0.3, -0.25) is 0 Å². The molecule has 0 spiro atoms. The molecule has 5 heteroatoms. The van der Waals surface area contributed by atoms with Crippen molar-refractivity contribution in [3.8, 4) is 0 Å². The number of aliphatic hydroxyl groups is 2. The molecule has 0 heterocycles. The lowest BCUT2D eigenvalue weighted by molar-refractivity contribution is -0.0909. The summed E-state index contributed by atoms with van der Waals surface area (Å²) in [6.45, 7) is 3.96. The van der Waals surface area contributed by atoms with Crippen LogP contribution in [0.25, 0.3) is 0 Å². The van der Waals surface area contributed by atoms with Gasteiger partial charge < -0.3 is 20.7 Å². The van der Waals surface area contributed by atoms with Crippen LogP contribution in [0, 0.1) is 11.8 Å². The number of primary amides is 1. The van der Waals surface area contributed by atoms with E-state index in [1.165, 1.54) is 19.3 Å². The Labute approximate surface area is 127 Å². The maximum absolute atomic E-state index is 11.1. The van der Waals surface area contributed by atoms with E-state index < -0.39 is 24.4 Å². The number of nitrogens with two attached hydrogens (primary N) is 1. The second-order valence-corrected chi connectivity index (χ2v) is 6.27. The van der Waals surface area contributed by atoms with E-state index in [-0.39, 0.29) is 5.92 Å². The van der Waals surface area contributed by atoms with Crippen LogP contribution in [-0.2, 0) is 4.74 Å². The molecule has 1 unspecified atom stereocenters. The van der Waals surface area contributed by atoms with Gasteiger partial charge in [0.05, 0.1) is 6.10 Å². The fraction of sp³-hybridized carbons (Fsp3) is 0.938. The van der Waals surface area contributed by atoms with Crippen LogP contribution in [0.4, 0.5) is 4.79 Å². The predicted molar refractivity (Wildman–Crippen MR) is 81.7 cm³/mol. The van der Waals surface area contributed by atoms with E-state index in [1.807, 2.05) is 13.8 Å². The van der Waals surface area contributed by atoms with Gasteiger partial charge in [-0.05, 0) is 18.3 Å². The Kier molecular flexibility index (Phi) is 8.04. The quantitative estimate of drug-likeness (QED) is 0.642. The van der Waals surface area contributed by atoms with Crippen molar-refractivity contribution in [3.63, 3.8) is 0 Å². The van der Waals surface area contributed by atoms with Crippen LogP contribution in [0.5, 0.6) is 0 Å². The van der Waals surface area contributed by atoms with E-state index in [0.717, 1.165) is 25.7 Å². The number of rotatable bonds is 8. The third-order valence-corrected chi connectivity index (χ3v) is 4.82. The molecule has 3 atom stereocenters. The zero-order valence-electron chi connectivity index (χ0n) is 13.3. The molecule has 0 aromatic rings. The van der Waals surface area contributed by atoms with Gasteiger partial charge in [-0.2, -0.15) is 0 Å². The van der Waals surface area contributed by atoms with Crippen molar-refractivity contribution in [1.82, 2.24) is 0 Å². The highest BCUT2D eigenvalue weighted by atomic mass is 16.6. The lowest BCUT2D eigenvalue weighted by atomic mass is 9.82. The molecule has 0 aromatic heterocycles. The lowest BCUT2D eigenvalue weighted by Gasteiger charge is -2.33. The SMILES string of the molecule is CCC(CC)C(O)[C@@H](O)[C@H](CC1CCCCC1)OC(N)=O. The number of hydrogen-bond acceptors (Lipinski definition) is 4. The number of ether oxygens (including phenoxy) is 1. The number of amides is 1. The summed E-state index contributed by atoms with van der Waals surface area (Å²) in [6, 6.07) is 0. The fourth-order valence-corrected chi connectivity index (χ4v) is 3.43. The van der Waals surface area contributed by atoms with E-state index in [2.05, 4.69) is 0 Å². The van der Waals surface area contributed by atoms with Crippen molar-refractivity contribution < 1.29 is 19.7 Å². The van der Waals surface area contributed by atoms with Crippen LogP contribution in [-0.4, -0.2) is 34.6 Å². The summed E-state index contributed by atoms with van der Waals surface area (Å²) in [4.78, 5) is 11.1. The van der Waals surface area contributed by atoms with Gasteiger partial charge in [-0.15, -0.1) is 0 Å². The second kappa shape index (κ2) is 9.26. The van der Waals surface area contributed by atoms with Gasteiger partial charge in [0.15, 0.2) is 0 Å². The Hall–Kier alpha value is -0.810. The molecule has 0 radical (unpaired) electrons. The lowest BCUT2D eigenvalue weighted by Crippen LogP contribution is -2.45. The average Bonchev–Trinajstić information content (AvgIpc) is 2.47. The molecule has 0 bridgehead atoms. The standard InChI is InChI=1S/C16H31NO4/c1-3-12(4-2)14(18)15(19)13(21-16(17)20)10-11-8-6-5-7-9-11/h11-15,18-19H,3-10H2,1-2H3,(H2,17,20)/t13-,14?,15-/m0/s1. The normalized spacial score (nSPS) is 21.0. The molecule has 1 aliphatic carbocycles. The van der Waals surface area contributed by atoms with Gasteiger partial charge in [0.2, 0.25) is 0 Å². The maximum Gasteiger partial charge on any atom is 0.404 e. The van der Waals surface area contributed by atoms with E-state index >= 15 is 0 Å². The predicted octanol–water partition coefficient (Wildman–Crippen LogP) is 2.58. The molecule has 1 fully saturated rings. The number of carbonyl (C=O) groups is 1. The first-order valence-electron chi connectivity index (χ1n) is 8.31. The summed E-state index contributed by atoms with van der Waals surface area (Å²) >= 11 is 0. The smallest absolute Gasteiger partial charge is 0.404 e. The molecule has 0 aromatic carbocycles. The number of hydrogen-bond donors (Lipinski definition) is 3. The van der Waals surface area contributed by atoms with Crippen molar-refractivity contribution in [2.24, 2.45) is 17.6 Å². The highest BCUT2D eigenvalue weighted by Gasteiger charge is 2.34. The molecule has 1 rings (SSSR count). The van der Waals surface area contributed by atoms with Crippen molar-refractivity contribution >= 4 is 6.09 Å². The topological polar surface area (TPSA) is 92.8 Å². The minimum absolute atomic E-state index is 0.00494. The van der Waals surface area contributed by atoms with Crippen LogP contribution in [0.2, 0.25) is 0 Å². The first-order valence-corrected chi connectivity index (χ1v) is 8.31. The Morgan fingerprint density at radius 2 is 1.71 bits per heavy atom. The summed E-state index contributed by atoms with van der Waals surface area (Å²) in [5, 5.41) is 20.7. The summed E-state index contributed by atoms with van der Waals surface area (Å²) in [6.07, 6.45) is 4.39. The van der Waals surface area contributed by atoms with Crippen molar-refractivity contribution in [2.75, 3.05) is 0 Å². The molecule has 0 aliphatic heterocycles. The number of carbonyl (C=O) groups excluding carboxylic acids is 1. The molecule has 124 valence electrons. The zero-order chi connectivity index (χ0) is 15.8. The van der Waals surface area contributed by atoms with Gasteiger partial charge in [-0.1, -0.05) is 58.8 Å². The summed E-state index contributed by atoms with van der Waals surface area (Å²) < 4.78 is 5.10. The Bertz CT molecular complexity index is 301. The summed E-state index contributed by atoms with van der Waals surface area (Å²) in [5.74, 6) is 0.442. The van der Waals surface area contributed by atoms with Crippen LogP contribution >= 0.6 is 0 Å². The molecule has 0 saturated heterocycles. The molecule has 1 saturated carbocycles. The molecule has 5 nitrogen and oxygen atoms in total. The zero-order valence-corrected chi connectivity index (χ0v) is 13.3. The summed E-state index contributed by atoms with van der Waals surface area (Å²) in [5.41, 5.74) is 5.12. The van der Waals surface area contributed by atoms with E-state index in [4.69, 9.17) is 10.5 Å². The van der Waals surface area contributed by atoms with Gasteiger partial charge in [-0.25, -0.2) is 4.79 Å². The van der Waals surface area contributed by atoms with Gasteiger partial charge >= 0.3 is 6.09 Å². The fourth-order valence-electron chi connectivity index (χ4n) is 3.43. The minimum Gasteiger partial charge on any atom is -0.444 e. The minimum atomic E-state index is -1.07. The molecular formula is C16H31NO4. The third-order valence-electron chi connectivity index (χ3n) is 4.82. The van der Waals surface area contributed by atoms with Crippen LogP contribution < -0.4 is 5.73 Å². The van der Waals surface area contributed by atoms with Crippen molar-refractivity contribution in [2.45, 2.75) is 83.5 Å². The molecule has 1 aliphatic rings. The molecular weight excluding hydrogens is 270 g/mol. The van der Waals surface area contributed by atoms with Crippen molar-refractivity contribution in [1.29, 1.82) is 0 Å². The Morgan fingerprint density at radius 3 is 2.19 bits per heavy atom. The summed E-state index contributed by atoms with van der Waals surface area (Å²) in [7, 11) is 0. The van der Waals surface area contributed by atoms with E-state index in [0.29, 0.717) is 12.3 Å². The first kappa shape index (κ1) is 18.2. The van der Waals surface area contributed by atoms with Gasteiger partial charge in [0.1, 0.15) is 12.2 Å². The molecule has 4 N–H and O–H groups in total. The Morgan fingerprint density at radius 1 is 1.14 bits per heavy atom. The van der Waals surface area contributed by atoms with E-state index in [1.54, 1.807) is 0 Å². The highest BCUT2D eigenvalue weighted by Crippen LogP contribution is 2.30. The monoisotopic (exact) mass is 301 g/mol. The van der Waals surface area contributed by atoms with E-state index in [9.17, 15) is 15.0 Å². The third kappa shape index (κ3) is 5.83. The first-order chi connectivity index (χ1) is 9.99. The van der Waals surface area contributed by atoms with Gasteiger partial charge in [0.25, 0.3) is 0 Å². The maximum atomic E-state index is 11.1. The van der Waals surface area contributed by atoms with Gasteiger partial charge in [0, 0.05) is 0 Å². The van der Waals surface area contributed by atoms with Crippen molar-refractivity contribution in [3.05, 3.63) is 0 Å². The molecule has 21 heavy (non-hydrogen) atoms. The van der Waals surface area contributed by atoms with Crippen LogP contribution in [0.15, 0.2) is 0 Å². The highest BCUT2D eigenvalue weighted by molar-refractivity contribution is 5.64.